The van der Waals surface area contributed by atoms with Gasteiger partial charge >= 0.3 is 0 Å². The Balaban J connectivity index is 1.50. The molecule has 1 aliphatic rings. The van der Waals surface area contributed by atoms with Crippen molar-refractivity contribution in [2.75, 3.05) is 25.5 Å². The third-order valence-electron chi connectivity index (χ3n) is 5.90. The van der Waals surface area contributed by atoms with Crippen LogP contribution in [-0.4, -0.2) is 53.1 Å². The number of anilines is 2. The zero-order chi connectivity index (χ0) is 22.5. The normalized spacial score (nSPS) is 15.1. The van der Waals surface area contributed by atoms with Crippen molar-refractivity contribution < 1.29 is 9.53 Å². The van der Waals surface area contributed by atoms with Crippen LogP contribution < -0.4 is 15.4 Å². The van der Waals surface area contributed by atoms with Crippen LogP contribution in [0.25, 0.3) is 10.9 Å². The van der Waals surface area contributed by atoms with E-state index < -0.39 is 0 Å². The Morgan fingerprint density at radius 3 is 2.72 bits per heavy atom. The van der Waals surface area contributed by atoms with Gasteiger partial charge in [-0.1, -0.05) is 24.3 Å². The second-order valence-corrected chi connectivity index (χ2v) is 8.51. The number of nitrogens with zero attached hydrogens (tertiary/aromatic N) is 3. The van der Waals surface area contributed by atoms with Gasteiger partial charge in [0.2, 0.25) is 11.9 Å². The van der Waals surface area contributed by atoms with E-state index in [-0.39, 0.29) is 12.0 Å². The first-order valence-electron chi connectivity index (χ1n) is 11.2. The van der Waals surface area contributed by atoms with Gasteiger partial charge in [0, 0.05) is 43.4 Å². The fraction of sp³-hybridized carbons (Fsp3) is 0.400. The van der Waals surface area contributed by atoms with Crippen LogP contribution in [0.3, 0.4) is 0 Å². The van der Waals surface area contributed by atoms with Crippen molar-refractivity contribution in [3.05, 3.63) is 54.2 Å². The van der Waals surface area contributed by atoms with E-state index in [1.54, 1.807) is 7.05 Å². The number of carbonyl (C=O) groups excluding carboxylic acids is 1. The quantitative estimate of drug-likeness (QED) is 0.588. The van der Waals surface area contributed by atoms with E-state index in [2.05, 4.69) is 34.4 Å². The monoisotopic (exact) mass is 433 g/mol. The van der Waals surface area contributed by atoms with Crippen LogP contribution in [0.15, 0.2) is 48.7 Å². The van der Waals surface area contributed by atoms with Crippen LogP contribution >= 0.6 is 0 Å². The number of hydrogen-bond acceptors (Lipinski definition) is 6. The number of amides is 1. The average Bonchev–Trinajstić information content (AvgIpc) is 2.80. The zero-order valence-electron chi connectivity index (χ0n) is 19.0. The highest BCUT2D eigenvalue weighted by Crippen LogP contribution is 2.28. The molecule has 0 radical (unpaired) electrons. The van der Waals surface area contributed by atoms with E-state index in [1.807, 2.05) is 48.7 Å². The molecule has 1 saturated heterocycles. The molecule has 0 saturated carbocycles. The lowest BCUT2D eigenvalue weighted by molar-refractivity contribution is -0.119. The molecule has 2 N–H and O–H groups in total. The number of likely N-dealkylation sites (N-methyl/N-ethyl adjacent to an activating group) is 1. The molecule has 4 rings (SSSR count). The second-order valence-electron chi connectivity index (χ2n) is 8.51. The second kappa shape index (κ2) is 9.96. The zero-order valence-corrected chi connectivity index (χ0v) is 19.0. The highest BCUT2D eigenvalue weighted by molar-refractivity contribution is 5.85. The average molecular weight is 434 g/mol. The summed E-state index contributed by atoms with van der Waals surface area (Å²) in [5.74, 6) is 1.27. The van der Waals surface area contributed by atoms with Gasteiger partial charge in [-0.2, -0.15) is 0 Å². The number of benzene rings is 2. The van der Waals surface area contributed by atoms with Crippen LogP contribution in [0.5, 0.6) is 5.75 Å². The molecule has 0 unspecified atom stereocenters. The van der Waals surface area contributed by atoms with Crippen molar-refractivity contribution in [3.63, 3.8) is 0 Å². The molecule has 7 nitrogen and oxygen atoms in total. The van der Waals surface area contributed by atoms with Crippen LogP contribution in [0.4, 0.5) is 11.6 Å². The summed E-state index contributed by atoms with van der Waals surface area (Å²) in [6.45, 7) is 6.60. The van der Waals surface area contributed by atoms with E-state index >= 15 is 0 Å². The first kappa shape index (κ1) is 22.0. The van der Waals surface area contributed by atoms with Crippen LogP contribution in [-0.2, 0) is 11.2 Å². The van der Waals surface area contributed by atoms with Gasteiger partial charge in [-0.3, -0.25) is 4.79 Å². The summed E-state index contributed by atoms with van der Waals surface area (Å²) in [5, 5.41) is 6.86. The van der Waals surface area contributed by atoms with Gasteiger partial charge in [-0.05, 0) is 50.5 Å². The van der Waals surface area contributed by atoms with Gasteiger partial charge < -0.3 is 20.3 Å². The maximum atomic E-state index is 11.7. The number of aromatic nitrogens is 2. The number of piperidine rings is 1. The van der Waals surface area contributed by atoms with Crippen molar-refractivity contribution in [3.8, 4) is 5.75 Å². The summed E-state index contributed by atoms with van der Waals surface area (Å²) >= 11 is 0. The maximum Gasteiger partial charge on any atom is 0.227 e. The lowest BCUT2D eigenvalue weighted by Gasteiger charge is -2.34. The predicted octanol–water partition coefficient (Wildman–Crippen LogP) is 3.91. The number of ether oxygens (including phenoxy) is 1. The summed E-state index contributed by atoms with van der Waals surface area (Å²) in [7, 11) is 1.64. The molecule has 168 valence electrons. The van der Waals surface area contributed by atoms with Gasteiger partial charge in [0.1, 0.15) is 17.4 Å². The number of likely N-dealkylation sites (tertiary alicyclic amines) is 1. The van der Waals surface area contributed by atoms with Crippen molar-refractivity contribution >= 4 is 28.4 Å². The standard InChI is InChI=1S/C25H31N5O2/c1-17(2)30-12-10-21(11-13-30)32-22-9-5-7-19-16-27-25(29-24(19)22)28-20-8-4-6-18(14-20)15-23(31)26-3/h4-9,14,16-17,21H,10-13,15H2,1-3H3,(H,26,31)(H,27,28,29). The topological polar surface area (TPSA) is 79.4 Å². The van der Waals surface area contributed by atoms with Gasteiger partial charge in [-0.25, -0.2) is 9.97 Å². The number of rotatable bonds is 7. The molecular weight excluding hydrogens is 402 g/mol. The molecule has 0 spiro atoms. The van der Waals surface area contributed by atoms with Crippen molar-refractivity contribution in [2.24, 2.45) is 0 Å². The van der Waals surface area contributed by atoms with E-state index in [1.165, 1.54) is 0 Å². The van der Waals surface area contributed by atoms with Crippen LogP contribution in [0, 0.1) is 0 Å². The first-order chi connectivity index (χ1) is 15.5. The van der Waals surface area contributed by atoms with Crippen LogP contribution in [0.2, 0.25) is 0 Å². The molecule has 0 bridgehead atoms. The van der Waals surface area contributed by atoms with E-state index in [9.17, 15) is 4.79 Å². The van der Waals surface area contributed by atoms with Crippen molar-refractivity contribution in [1.29, 1.82) is 0 Å². The number of carbonyl (C=O) groups is 1. The molecule has 0 aliphatic carbocycles. The smallest absolute Gasteiger partial charge is 0.227 e. The Morgan fingerprint density at radius 1 is 1.19 bits per heavy atom. The predicted molar refractivity (Wildman–Crippen MR) is 127 cm³/mol. The molecule has 1 aromatic heterocycles. The van der Waals surface area contributed by atoms with Crippen molar-refractivity contribution in [2.45, 2.75) is 45.3 Å². The maximum absolute atomic E-state index is 11.7. The molecule has 2 aromatic carbocycles. The van der Waals surface area contributed by atoms with Crippen LogP contribution in [0.1, 0.15) is 32.3 Å². The summed E-state index contributed by atoms with van der Waals surface area (Å²) in [4.78, 5) is 23.4. The van der Waals surface area contributed by atoms with E-state index in [0.29, 0.717) is 18.4 Å². The number of para-hydroxylation sites is 1. The molecule has 7 heteroatoms. The minimum absolute atomic E-state index is 0.0230. The Morgan fingerprint density at radius 2 is 1.97 bits per heavy atom. The minimum atomic E-state index is -0.0230. The largest absolute Gasteiger partial charge is 0.488 e. The lowest BCUT2D eigenvalue weighted by atomic mass is 10.1. The molecule has 1 amide bonds. The summed E-state index contributed by atoms with van der Waals surface area (Å²) in [5.41, 5.74) is 2.56. The van der Waals surface area contributed by atoms with E-state index in [4.69, 9.17) is 9.72 Å². The molecule has 2 heterocycles. The Hall–Kier alpha value is -3.19. The van der Waals surface area contributed by atoms with Crippen molar-refractivity contribution in [1.82, 2.24) is 20.2 Å². The Labute approximate surface area is 189 Å². The first-order valence-corrected chi connectivity index (χ1v) is 11.2. The molecule has 0 atom stereocenters. The third-order valence-corrected chi connectivity index (χ3v) is 5.90. The van der Waals surface area contributed by atoms with Gasteiger partial charge in [0.05, 0.1) is 6.42 Å². The lowest BCUT2D eigenvalue weighted by Crippen LogP contribution is -2.41. The summed E-state index contributed by atoms with van der Waals surface area (Å²) in [6.07, 6.45) is 4.38. The summed E-state index contributed by atoms with van der Waals surface area (Å²) in [6, 6.07) is 14.3. The molecule has 3 aromatic rings. The van der Waals surface area contributed by atoms with Gasteiger partial charge in [-0.15, -0.1) is 0 Å². The molecule has 1 aliphatic heterocycles. The highest BCUT2D eigenvalue weighted by atomic mass is 16.5. The number of hydrogen-bond donors (Lipinski definition) is 2. The van der Waals surface area contributed by atoms with E-state index in [0.717, 1.165) is 53.8 Å². The number of nitrogens with one attached hydrogen (secondary N) is 2. The summed E-state index contributed by atoms with van der Waals surface area (Å²) < 4.78 is 6.39. The molecule has 1 fully saturated rings. The SMILES string of the molecule is CNC(=O)Cc1cccc(Nc2ncc3cccc(OC4CCN(C(C)C)CC4)c3n2)c1. The molecular formula is C25H31N5O2. The molecule has 32 heavy (non-hydrogen) atoms. The fourth-order valence-corrected chi connectivity index (χ4v) is 4.04. The minimum Gasteiger partial charge on any atom is -0.488 e. The van der Waals surface area contributed by atoms with Gasteiger partial charge in [0.25, 0.3) is 0 Å². The Kier molecular flexibility index (Phi) is 6.85. The highest BCUT2D eigenvalue weighted by Gasteiger charge is 2.22. The Bertz CT molecular complexity index is 1080. The number of fused-ring (bicyclic) bond motifs is 1. The third kappa shape index (κ3) is 5.34. The fourth-order valence-electron chi connectivity index (χ4n) is 4.04. The van der Waals surface area contributed by atoms with Gasteiger partial charge in [0.15, 0.2) is 0 Å².